The van der Waals surface area contributed by atoms with Crippen molar-refractivity contribution in [1.29, 1.82) is 0 Å². The highest BCUT2D eigenvalue weighted by molar-refractivity contribution is 6.00. The van der Waals surface area contributed by atoms with Crippen molar-refractivity contribution in [2.75, 3.05) is 39.7 Å². The van der Waals surface area contributed by atoms with Gasteiger partial charge < -0.3 is 34.5 Å². The van der Waals surface area contributed by atoms with Crippen molar-refractivity contribution >= 4 is 17.6 Å². The maximum Gasteiger partial charge on any atom is 0.340 e. The molecule has 10 nitrogen and oxygen atoms in total. The lowest BCUT2D eigenvalue weighted by Crippen LogP contribution is -2.83. The number of hydrogen-bond donors (Lipinski definition) is 3. The highest BCUT2D eigenvalue weighted by Gasteiger charge is 2.89. The van der Waals surface area contributed by atoms with E-state index in [0.717, 1.165) is 0 Å². The molecule has 6 aliphatic rings. The van der Waals surface area contributed by atoms with Crippen LogP contribution in [-0.4, -0.2) is 103 Å². The monoisotopic (exact) mass is 584 g/mol. The van der Waals surface area contributed by atoms with E-state index in [1.54, 1.807) is 45.6 Å². The number of benzene rings is 1. The first-order valence-electron chi connectivity index (χ1n) is 15.4. The van der Waals surface area contributed by atoms with Gasteiger partial charge in [-0.2, -0.15) is 0 Å². The van der Waals surface area contributed by atoms with Crippen molar-refractivity contribution in [3.63, 3.8) is 0 Å². The number of anilines is 1. The predicted molar refractivity (Wildman–Crippen MR) is 152 cm³/mol. The van der Waals surface area contributed by atoms with E-state index in [9.17, 15) is 19.8 Å². The topological polar surface area (TPSA) is 127 Å². The summed E-state index contributed by atoms with van der Waals surface area (Å²) in [5.41, 5.74) is -3.57. The number of likely N-dealkylation sites (tertiary alicyclic amines) is 1. The number of nitrogens with zero attached hydrogens (tertiary/aromatic N) is 1. The molecule has 1 heterocycles. The lowest BCUT2D eigenvalue weighted by atomic mass is 9.44. The highest BCUT2D eigenvalue weighted by atomic mass is 16.6. The summed E-state index contributed by atoms with van der Waals surface area (Å²) in [7, 11) is 5.05. The number of para-hydroxylation sites is 1. The average molecular weight is 585 g/mol. The van der Waals surface area contributed by atoms with E-state index in [1.165, 1.54) is 6.92 Å². The van der Waals surface area contributed by atoms with Gasteiger partial charge in [-0.05, 0) is 44.4 Å². The first-order valence-corrected chi connectivity index (χ1v) is 15.4. The van der Waals surface area contributed by atoms with Crippen LogP contribution < -0.4 is 5.32 Å². The smallest absolute Gasteiger partial charge is 0.340 e. The van der Waals surface area contributed by atoms with Crippen LogP contribution in [0.3, 0.4) is 0 Å². The molecular formula is C32H44N2O8. The van der Waals surface area contributed by atoms with Gasteiger partial charge in [-0.15, -0.1) is 0 Å². The van der Waals surface area contributed by atoms with Gasteiger partial charge in [-0.1, -0.05) is 19.1 Å². The second-order valence-electron chi connectivity index (χ2n) is 13.7. The Morgan fingerprint density at radius 1 is 1.07 bits per heavy atom. The zero-order valence-corrected chi connectivity index (χ0v) is 25.2. The van der Waals surface area contributed by atoms with Gasteiger partial charge in [-0.3, -0.25) is 9.69 Å². The molecule has 42 heavy (non-hydrogen) atoms. The maximum absolute atomic E-state index is 14.0. The lowest BCUT2D eigenvalue weighted by molar-refractivity contribution is -0.337. The van der Waals surface area contributed by atoms with Crippen LogP contribution in [0.25, 0.3) is 0 Å². The molecule has 7 bridgehead atoms. The lowest BCUT2D eigenvalue weighted by Gasteiger charge is -2.70. The van der Waals surface area contributed by atoms with Crippen molar-refractivity contribution in [1.82, 2.24) is 4.90 Å². The number of piperidine rings is 1. The number of amides is 1. The van der Waals surface area contributed by atoms with Crippen LogP contribution in [-0.2, 0) is 23.7 Å². The summed E-state index contributed by atoms with van der Waals surface area (Å²) in [5, 5.41) is 28.4. The van der Waals surface area contributed by atoms with Gasteiger partial charge in [0.2, 0.25) is 5.91 Å². The van der Waals surface area contributed by atoms with E-state index >= 15 is 0 Å². The zero-order chi connectivity index (χ0) is 29.8. The predicted octanol–water partition coefficient (Wildman–Crippen LogP) is 2.22. The van der Waals surface area contributed by atoms with Gasteiger partial charge in [0, 0.05) is 76.3 Å². The summed E-state index contributed by atoms with van der Waals surface area (Å²) < 4.78 is 25.1. The fourth-order valence-electron chi connectivity index (χ4n) is 11.6. The third-order valence-corrected chi connectivity index (χ3v) is 12.6. The minimum atomic E-state index is -1.48. The number of esters is 1. The Kier molecular flexibility index (Phi) is 6.46. The average Bonchev–Trinajstić information content (AvgIpc) is 3.39. The largest absolute Gasteiger partial charge is 0.454 e. The van der Waals surface area contributed by atoms with E-state index in [4.69, 9.17) is 18.9 Å². The number of aliphatic hydroxyl groups is 2. The third kappa shape index (κ3) is 3.21. The summed E-state index contributed by atoms with van der Waals surface area (Å²) in [6.07, 6.45) is 1.91. The molecule has 1 amide bonds. The molecule has 5 aliphatic carbocycles. The standard InChI is InChI=1S/C32H44N2O8/c1-6-34-16-29(42-28(36)18-9-7-8-10-21(18)33-17(2)35)12-11-25(40-4)31-23(29)14-20(26(31)34)30(37)15-22(39-3)19-13-24(31)32(30,38)27(19)41-5/h7-10,19-20,22-27,37-38H,6,11-16H2,1-5H3,(H,33,35)/t19-,20?,22+,23-,24+,25+,26-,27+,29-,30+,31-,32+/m1/s1. The van der Waals surface area contributed by atoms with Crippen molar-refractivity contribution in [3.8, 4) is 0 Å². The minimum absolute atomic E-state index is 0.0432. The second kappa shape index (κ2) is 9.46. The molecular weight excluding hydrogens is 540 g/mol. The number of hydrogen-bond acceptors (Lipinski definition) is 9. The van der Waals surface area contributed by atoms with Crippen LogP contribution in [0.15, 0.2) is 24.3 Å². The van der Waals surface area contributed by atoms with E-state index < -0.39 is 34.3 Å². The number of likely N-dealkylation sites (N-methyl/N-ethyl adjacent to an activating group) is 1. The normalized spacial score (nSPS) is 48.2. The minimum Gasteiger partial charge on any atom is -0.454 e. The Morgan fingerprint density at radius 3 is 2.50 bits per heavy atom. The summed E-state index contributed by atoms with van der Waals surface area (Å²) in [5.74, 6) is -1.54. The van der Waals surface area contributed by atoms with Crippen molar-refractivity contribution in [2.45, 2.75) is 87.1 Å². The second-order valence-corrected chi connectivity index (χ2v) is 13.7. The number of nitrogens with one attached hydrogen (secondary N) is 1. The van der Waals surface area contributed by atoms with E-state index in [1.807, 2.05) is 0 Å². The summed E-state index contributed by atoms with van der Waals surface area (Å²) in [6, 6.07) is 6.89. The quantitative estimate of drug-likeness (QED) is 0.414. The molecule has 0 radical (unpaired) electrons. The van der Waals surface area contributed by atoms with Gasteiger partial charge in [0.1, 0.15) is 16.8 Å². The molecule has 1 aromatic rings. The molecule has 1 aromatic carbocycles. The Balaban J connectivity index is 1.38. The molecule has 1 spiro atoms. The van der Waals surface area contributed by atoms with Gasteiger partial charge in [0.25, 0.3) is 0 Å². The first-order chi connectivity index (χ1) is 20.1. The Morgan fingerprint density at radius 2 is 1.83 bits per heavy atom. The van der Waals surface area contributed by atoms with Crippen molar-refractivity contribution in [3.05, 3.63) is 29.8 Å². The van der Waals surface area contributed by atoms with E-state index in [-0.39, 0.29) is 47.8 Å². The number of ether oxygens (including phenoxy) is 4. The van der Waals surface area contributed by atoms with Crippen molar-refractivity contribution < 1.29 is 38.7 Å². The molecule has 230 valence electrons. The molecule has 1 saturated heterocycles. The molecule has 1 aliphatic heterocycles. The summed E-state index contributed by atoms with van der Waals surface area (Å²) in [4.78, 5) is 28.3. The number of rotatable bonds is 7. The molecule has 5 saturated carbocycles. The molecule has 7 rings (SSSR count). The fraction of sp³-hybridized carbons (Fsp3) is 0.750. The van der Waals surface area contributed by atoms with Crippen molar-refractivity contribution in [2.24, 2.45) is 29.1 Å². The molecule has 0 aromatic heterocycles. The van der Waals surface area contributed by atoms with Crippen LogP contribution in [0.2, 0.25) is 0 Å². The Hall–Kier alpha value is -2.08. The summed E-state index contributed by atoms with van der Waals surface area (Å²) in [6.45, 7) is 4.79. The SMILES string of the molecule is CCN1C[C@]2(OC(=O)c3ccccc3NC(C)=O)CC[C@H](OC)[C@]34[C@@H]2CC([C@@H]13)[C@@]1(O)C[C@H](OC)[C@H]2C[C@@H]4[C@]1(O)[C@H]2OC. The number of fused-ring (bicyclic) bond motifs is 2. The maximum atomic E-state index is 14.0. The summed E-state index contributed by atoms with van der Waals surface area (Å²) >= 11 is 0. The van der Waals surface area contributed by atoms with E-state index in [2.05, 4.69) is 17.1 Å². The van der Waals surface area contributed by atoms with Gasteiger partial charge >= 0.3 is 5.97 Å². The van der Waals surface area contributed by atoms with Crippen LogP contribution in [0.1, 0.15) is 56.3 Å². The van der Waals surface area contributed by atoms with E-state index in [0.29, 0.717) is 56.4 Å². The highest BCUT2D eigenvalue weighted by Crippen LogP contribution is 2.79. The van der Waals surface area contributed by atoms with Crippen LogP contribution in [0.5, 0.6) is 0 Å². The molecule has 12 atom stereocenters. The number of carbonyl (C=O) groups excluding carboxylic acids is 2. The van der Waals surface area contributed by atoms with Gasteiger partial charge in [-0.25, -0.2) is 4.79 Å². The molecule has 3 N–H and O–H groups in total. The first kappa shape index (κ1) is 28.7. The van der Waals surface area contributed by atoms with Crippen LogP contribution in [0.4, 0.5) is 5.69 Å². The zero-order valence-electron chi connectivity index (χ0n) is 25.2. The van der Waals surface area contributed by atoms with Crippen LogP contribution >= 0.6 is 0 Å². The molecule has 1 unspecified atom stereocenters. The fourth-order valence-corrected chi connectivity index (χ4v) is 11.6. The Labute approximate surface area is 247 Å². The Bertz CT molecular complexity index is 1290. The van der Waals surface area contributed by atoms with Crippen LogP contribution in [0, 0.1) is 29.1 Å². The number of methoxy groups -OCH3 is 3. The number of carbonyl (C=O) groups is 2. The van der Waals surface area contributed by atoms with Gasteiger partial charge in [0.05, 0.1) is 29.6 Å². The van der Waals surface area contributed by atoms with Gasteiger partial charge in [0.15, 0.2) is 0 Å². The molecule has 6 fully saturated rings. The molecule has 10 heteroatoms. The third-order valence-electron chi connectivity index (χ3n) is 12.6.